The minimum absolute atomic E-state index is 0.827. The summed E-state index contributed by atoms with van der Waals surface area (Å²) in [6, 6.07) is 0.827. The van der Waals surface area contributed by atoms with Gasteiger partial charge in [-0.15, -0.1) is 0 Å². The van der Waals surface area contributed by atoms with Crippen molar-refractivity contribution in [1.82, 2.24) is 9.80 Å². The quantitative estimate of drug-likeness (QED) is 0.668. The number of piperidine rings is 1. The molecule has 1 atom stereocenters. The molecule has 0 N–H and O–H groups in total. The van der Waals surface area contributed by atoms with Crippen LogP contribution in [-0.4, -0.2) is 49.1 Å². The molecule has 0 aromatic rings. The van der Waals surface area contributed by atoms with E-state index in [2.05, 4.69) is 30.7 Å². The molecule has 84 valence electrons. The molecule has 0 bridgehead atoms. The van der Waals surface area contributed by atoms with Crippen LogP contribution >= 0.6 is 0 Å². The molecular weight excluding hydrogens is 172 g/mol. The van der Waals surface area contributed by atoms with Gasteiger partial charge in [-0.1, -0.05) is 13.8 Å². The normalized spacial score (nSPS) is 24.4. The standard InChI is InChI=1S/C12H26N2/c1-4-8-14(9-5-2)12-7-6-10-13(3)11-12/h12H,4-11H2,1-3H3. The number of hydrogen-bond donors (Lipinski definition) is 0. The molecule has 1 unspecified atom stereocenters. The van der Waals surface area contributed by atoms with Crippen LogP contribution in [-0.2, 0) is 0 Å². The molecule has 0 spiro atoms. The van der Waals surface area contributed by atoms with E-state index in [-0.39, 0.29) is 0 Å². The Morgan fingerprint density at radius 3 is 2.36 bits per heavy atom. The van der Waals surface area contributed by atoms with Gasteiger partial charge in [0.2, 0.25) is 0 Å². The summed E-state index contributed by atoms with van der Waals surface area (Å²) >= 11 is 0. The summed E-state index contributed by atoms with van der Waals surface area (Å²) in [6.45, 7) is 9.71. The maximum atomic E-state index is 2.69. The van der Waals surface area contributed by atoms with Gasteiger partial charge >= 0.3 is 0 Å². The molecule has 2 nitrogen and oxygen atoms in total. The number of nitrogens with zero attached hydrogens (tertiary/aromatic N) is 2. The molecule has 0 aromatic carbocycles. The molecule has 0 aromatic heterocycles. The van der Waals surface area contributed by atoms with Crippen molar-refractivity contribution >= 4 is 0 Å². The van der Waals surface area contributed by atoms with Crippen molar-refractivity contribution in [2.75, 3.05) is 33.2 Å². The Kier molecular flexibility index (Phi) is 5.49. The smallest absolute Gasteiger partial charge is 0.0223 e. The summed E-state index contributed by atoms with van der Waals surface area (Å²) < 4.78 is 0. The zero-order valence-electron chi connectivity index (χ0n) is 10.1. The fourth-order valence-corrected chi connectivity index (χ4v) is 2.49. The largest absolute Gasteiger partial charge is 0.305 e. The van der Waals surface area contributed by atoms with Crippen LogP contribution in [0.25, 0.3) is 0 Å². The van der Waals surface area contributed by atoms with E-state index in [4.69, 9.17) is 0 Å². The molecular formula is C12H26N2. The van der Waals surface area contributed by atoms with Crippen LogP contribution in [0.15, 0.2) is 0 Å². The van der Waals surface area contributed by atoms with Gasteiger partial charge in [0.05, 0.1) is 0 Å². The van der Waals surface area contributed by atoms with Gasteiger partial charge < -0.3 is 4.90 Å². The maximum absolute atomic E-state index is 2.69. The predicted octanol–water partition coefficient (Wildman–Crippen LogP) is 2.20. The second kappa shape index (κ2) is 6.41. The molecule has 1 fully saturated rings. The highest BCUT2D eigenvalue weighted by Gasteiger charge is 2.22. The van der Waals surface area contributed by atoms with Gasteiger partial charge in [0.25, 0.3) is 0 Å². The van der Waals surface area contributed by atoms with Crippen molar-refractivity contribution < 1.29 is 0 Å². The van der Waals surface area contributed by atoms with Crippen LogP contribution in [0.1, 0.15) is 39.5 Å². The number of hydrogen-bond acceptors (Lipinski definition) is 2. The highest BCUT2D eigenvalue weighted by molar-refractivity contribution is 4.78. The lowest BCUT2D eigenvalue weighted by molar-refractivity contribution is 0.112. The first kappa shape index (κ1) is 12.0. The summed E-state index contributed by atoms with van der Waals surface area (Å²) in [6.07, 6.45) is 5.37. The number of rotatable bonds is 5. The first-order valence-electron chi connectivity index (χ1n) is 6.20. The zero-order chi connectivity index (χ0) is 10.4. The van der Waals surface area contributed by atoms with Crippen LogP contribution in [0.2, 0.25) is 0 Å². The van der Waals surface area contributed by atoms with E-state index in [1.807, 2.05) is 0 Å². The lowest BCUT2D eigenvalue weighted by Gasteiger charge is -2.37. The summed E-state index contributed by atoms with van der Waals surface area (Å²) in [5.41, 5.74) is 0. The van der Waals surface area contributed by atoms with E-state index in [9.17, 15) is 0 Å². The SMILES string of the molecule is CCCN(CCC)C1CCCN(C)C1. The van der Waals surface area contributed by atoms with Gasteiger partial charge in [0.1, 0.15) is 0 Å². The van der Waals surface area contributed by atoms with Gasteiger partial charge in [-0.3, -0.25) is 4.90 Å². The molecule has 1 aliphatic rings. The fraction of sp³-hybridized carbons (Fsp3) is 1.00. The second-order valence-corrected chi connectivity index (χ2v) is 4.59. The minimum Gasteiger partial charge on any atom is -0.305 e. The summed E-state index contributed by atoms with van der Waals surface area (Å²) in [5, 5.41) is 0. The van der Waals surface area contributed by atoms with Gasteiger partial charge in [0.15, 0.2) is 0 Å². The summed E-state index contributed by atoms with van der Waals surface area (Å²) in [4.78, 5) is 5.17. The molecule has 0 aliphatic carbocycles. The van der Waals surface area contributed by atoms with Crippen LogP contribution in [0.4, 0.5) is 0 Å². The fourth-order valence-electron chi connectivity index (χ4n) is 2.49. The Morgan fingerprint density at radius 1 is 1.21 bits per heavy atom. The average Bonchev–Trinajstić information content (AvgIpc) is 2.17. The van der Waals surface area contributed by atoms with Crippen molar-refractivity contribution in [1.29, 1.82) is 0 Å². The van der Waals surface area contributed by atoms with Crippen molar-refractivity contribution in [3.05, 3.63) is 0 Å². The van der Waals surface area contributed by atoms with Gasteiger partial charge in [-0.05, 0) is 52.4 Å². The average molecular weight is 198 g/mol. The van der Waals surface area contributed by atoms with Crippen molar-refractivity contribution in [2.24, 2.45) is 0 Å². The molecule has 1 aliphatic heterocycles. The zero-order valence-corrected chi connectivity index (χ0v) is 10.1. The molecule has 0 radical (unpaired) electrons. The molecule has 14 heavy (non-hydrogen) atoms. The Labute approximate surface area is 89.3 Å². The molecule has 0 saturated carbocycles. The first-order valence-corrected chi connectivity index (χ1v) is 6.20. The van der Waals surface area contributed by atoms with Crippen molar-refractivity contribution in [3.8, 4) is 0 Å². The van der Waals surface area contributed by atoms with E-state index in [0.717, 1.165) is 6.04 Å². The molecule has 1 saturated heterocycles. The third kappa shape index (κ3) is 3.58. The van der Waals surface area contributed by atoms with Crippen molar-refractivity contribution in [3.63, 3.8) is 0 Å². The Balaban J connectivity index is 2.39. The van der Waals surface area contributed by atoms with Gasteiger partial charge in [0, 0.05) is 12.6 Å². The Morgan fingerprint density at radius 2 is 1.86 bits per heavy atom. The van der Waals surface area contributed by atoms with Crippen LogP contribution < -0.4 is 0 Å². The topological polar surface area (TPSA) is 6.48 Å². The number of likely N-dealkylation sites (tertiary alicyclic amines) is 1. The van der Waals surface area contributed by atoms with E-state index in [0.29, 0.717) is 0 Å². The third-order valence-corrected chi connectivity index (χ3v) is 3.14. The lowest BCUT2D eigenvalue weighted by Crippen LogP contribution is -2.47. The molecule has 2 heteroatoms. The highest BCUT2D eigenvalue weighted by Crippen LogP contribution is 2.15. The summed E-state index contributed by atoms with van der Waals surface area (Å²) in [5.74, 6) is 0. The van der Waals surface area contributed by atoms with E-state index in [1.54, 1.807) is 0 Å². The van der Waals surface area contributed by atoms with Crippen molar-refractivity contribution in [2.45, 2.75) is 45.6 Å². The second-order valence-electron chi connectivity index (χ2n) is 4.59. The maximum Gasteiger partial charge on any atom is 0.0223 e. The lowest BCUT2D eigenvalue weighted by atomic mass is 10.0. The summed E-state index contributed by atoms with van der Waals surface area (Å²) in [7, 11) is 2.25. The minimum atomic E-state index is 0.827. The van der Waals surface area contributed by atoms with Crippen LogP contribution in [0, 0.1) is 0 Å². The highest BCUT2D eigenvalue weighted by atomic mass is 15.2. The molecule has 1 rings (SSSR count). The van der Waals surface area contributed by atoms with Gasteiger partial charge in [-0.25, -0.2) is 0 Å². The number of likely N-dealkylation sites (N-methyl/N-ethyl adjacent to an activating group) is 1. The monoisotopic (exact) mass is 198 g/mol. The van der Waals surface area contributed by atoms with E-state index < -0.39 is 0 Å². The Hall–Kier alpha value is -0.0800. The van der Waals surface area contributed by atoms with Crippen LogP contribution in [0.5, 0.6) is 0 Å². The first-order chi connectivity index (χ1) is 6.77. The van der Waals surface area contributed by atoms with Crippen LogP contribution in [0.3, 0.4) is 0 Å². The Bertz CT molecular complexity index is 139. The molecule has 1 heterocycles. The van der Waals surface area contributed by atoms with E-state index >= 15 is 0 Å². The molecule has 0 amide bonds. The third-order valence-electron chi connectivity index (χ3n) is 3.14. The van der Waals surface area contributed by atoms with E-state index in [1.165, 1.54) is 51.9 Å². The predicted molar refractivity (Wildman–Crippen MR) is 62.7 cm³/mol. The van der Waals surface area contributed by atoms with Gasteiger partial charge in [-0.2, -0.15) is 0 Å².